The molecule has 1 heterocycles. The van der Waals surface area contributed by atoms with Gasteiger partial charge in [-0.05, 0) is 31.1 Å². The van der Waals surface area contributed by atoms with Gasteiger partial charge in [-0.2, -0.15) is 5.10 Å². The lowest BCUT2D eigenvalue weighted by molar-refractivity contribution is 0.242. The number of aliphatic hydroxyl groups is 1. The van der Waals surface area contributed by atoms with Crippen molar-refractivity contribution in [3.8, 4) is 0 Å². The highest BCUT2D eigenvalue weighted by Crippen LogP contribution is 2.30. The molecule has 3 unspecified atom stereocenters. The van der Waals surface area contributed by atoms with E-state index >= 15 is 0 Å². The summed E-state index contributed by atoms with van der Waals surface area (Å²) in [7, 11) is -3.51. The molecule has 0 saturated heterocycles. The highest BCUT2D eigenvalue weighted by atomic mass is 32.2. The van der Waals surface area contributed by atoms with E-state index in [1.54, 1.807) is 0 Å². The third-order valence-electron chi connectivity index (χ3n) is 4.17. The van der Waals surface area contributed by atoms with Gasteiger partial charge >= 0.3 is 0 Å². The van der Waals surface area contributed by atoms with Crippen molar-refractivity contribution in [2.75, 3.05) is 6.61 Å². The second kappa shape index (κ2) is 6.24. The maximum atomic E-state index is 12.3. The van der Waals surface area contributed by atoms with Crippen LogP contribution in [0.2, 0.25) is 0 Å². The number of aromatic nitrogens is 2. The number of hydrogen-bond acceptors (Lipinski definition) is 4. The Balaban J connectivity index is 2.03. The van der Waals surface area contributed by atoms with Crippen LogP contribution in [0.3, 0.4) is 0 Å². The van der Waals surface area contributed by atoms with Gasteiger partial charge in [0.2, 0.25) is 10.0 Å². The van der Waals surface area contributed by atoms with Crippen LogP contribution in [0.5, 0.6) is 0 Å². The fourth-order valence-electron chi connectivity index (χ4n) is 2.65. The van der Waals surface area contributed by atoms with Crippen LogP contribution in [0, 0.1) is 11.8 Å². The van der Waals surface area contributed by atoms with E-state index in [9.17, 15) is 8.42 Å². The second-order valence-electron chi connectivity index (χ2n) is 5.75. The lowest BCUT2D eigenvalue weighted by Crippen LogP contribution is -2.39. The van der Waals surface area contributed by atoms with Crippen LogP contribution < -0.4 is 4.72 Å². The largest absolute Gasteiger partial charge is 0.394 e. The van der Waals surface area contributed by atoms with Crippen molar-refractivity contribution in [3.05, 3.63) is 12.4 Å². The molecular weight excluding hydrogens is 278 g/mol. The number of hydrogen-bond donors (Lipinski definition) is 2. The van der Waals surface area contributed by atoms with Crippen LogP contribution in [0.1, 0.15) is 33.1 Å². The lowest BCUT2D eigenvalue weighted by Gasteiger charge is -2.32. The summed E-state index contributed by atoms with van der Waals surface area (Å²) in [6.07, 6.45) is 5.60. The molecule has 1 fully saturated rings. The molecule has 0 amide bonds. The standard InChI is InChI=1S/C13H23N3O3S/c1-10-3-4-12(7-11(10)2)15-20(18,19)13-8-14-16(9-13)5-6-17/h8-12,15,17H,3-7H2,1-2H3. The van der Waals surface area contributed by atoms with Gasteiger partial charge in [-0.15, -0.1) is 0 Å². The summed E-state index contributed by atoms with van der Waals surface area (Å²) in [5.74, 6) is 1.19. The average Bonchev–Trinajstić information content (AvgIpc) is 2.83. The predicted molar refractivity (Wildman–Crippen MR) is 75.6 cm³/mol. The Bertz CT molecular complexity index is 541. The van der Waals surface area contributed by atoms with E-state index in [-0.39, 0.29) is 17.5 Å². The molecule has 7 heteroatoms. The summed E-state index contributed by atoms with van der Waals surface area (Å²) in [5, 5.41) is 12.8. The van der Waals surface area contributed by atoms with Gasteiger partial charge in [-0.25, -0.2) is 13.1 Å². The molecule has 1 aromatic heterocycles. The van der Waals surface area contributed by atoms with Crippen LogP contribution in [0.15, 0.2) is 17.3 Å². The van der Waals surface area contributed by atoms with Gasteiger partial charge in [0.15, 0.2) is 0 Å². The van der Waals surface area contributed by atoms with Crippen LogP contribution in [0.25, 0.3) is 0 Å². The Morgan fingerprint density at radius 1 is 1.40 bits per heavy atom. The Hall–Kier alpha value is -0.920. The first-order valence-corrected chi connectivity index (χ1v) is 8.56. The minimum atomic E-state index is -3.51. The van der Waals surface area contributed by atoms with Gasteiger partial charge < -0.3 is 5.11 Å². The topological polar surface area (TPSA) is 84.2 Å². The van der Waals surface area contributed by atoms with Crippen molar-refractivity contribution in [2.24, 2.45) is 11.8 Å². The van der Waals surface area contributed by atoms with E-state index in [1.165, 1.54) is 17.1 Å². The molecule has 1 aliphatic rings. The second-order valence-corrected chi connectivity index (χ2v) is 7.46. The molecule has 2 N–H and O–H groups in total. The van der Waals surface area contributed by atoms with Crippen molar-refractivity contribution in [2.45, 2.75) is 50.6 Å². The van der Waals surface area contributed by atoms with Gasteiger partial charge in [0.25, 0.3) is 0 Å². The third-order valence-corrected chi connectivity index (χ3v) is 5.64. The summed E-state index contributed by atoms with van der Waals surface area (Å²) >= 11 is 0. The monoisotopic (exact) mass is 301 g/mol. The van der Waals surface area contributed by atoms with Gasteiger partial charge in [0.1, 0.15) is 4.90 Å². The highest BCUT2D eigenvalue weighted by Gasteiger charge is 2.28. The molecule has 1 saturated carbocycles. The Kier molecular flexibility index (Phi) is 4.82. The molecule has 114 valence electrons. The maximum Gasteiger partial charge on any atom is 0.243 e. The average molecular weight is 301 g/mol. The van der Waals surface area contributed by atoms with Crippen molar-refractivity contribution in [1.82, 2.24) is 14.5 Å². The summed E-state index contributed by atoms with van der Waals surface area (Å²) in [6.45, 7) is 4.62. The maximum absolute atomic E-state index is 12.3. The van der Waals surface area contributed by atoms with E-state index in [1.807, 2.05) is 0 Å². The highest BCUT2D eigenvalue weighted by molar-refractivity contribution is 7.89. The van der Waals surface area contributed by atoms with Crippen LogP contribution in [0.4, 0.5) is 0 Å². The molecular formula is C13H23N3O3S. The zero-order chi connectivity index (χ0) is 14.8. The Morgan fingerprint density at radius 2 is 2.15 bits per heavy atom. The van der Waals surface area contributed by atoms with Crippen molar-refractivity contribution >= 4 is 10.0 Å². The molecule has 2 rings (SSSR count). The lowest BCUT2D eigenvalue weighted by atomic mass is 9.79. The Morgan fingerprint density at radius 3 is 2.80 bits per heavy atom. The fraction of sp³-hybridized carbons (Fsp3) is 0.769. The first kappa shape index (κ1) is 15.5. The minimum Gasteiger partial charge on any atom is -0.394 e. The zero-order valence-corrected chi connectivity index (χ0v) is 12.8. The summed E-state index contributed by atoms with van der Waals surface area (Å²) in [5.41, 5.74) is 0. The Labute approximate surface area is 120 Å². The molecule has 0 aliphatic heterocycles. The molecule has 0 spiro atoms. The van der Waals surface area contributed by atoms with E-state index in [0.717, 1.165) is 19.3 Å². The first-order valence-electron chi connectivity index (χ1n) is 7.08. The van der Waals surface area contributed by atoms with Gasteiger partial charge in [0.05, 0.1) is 19.3 Å². The van der Waals surface area contributed by atoms with Gasteiger partial charge in [-0.1, -0.05) is 13.8 Å². The zero-order valence-electron chi connectivity index (χ0n) is 12.0. The normalized spacial score (nSPS) is 27.6. The summed E-state index contributed by atoms with van der Waals surface area (Å²) in [6, 6.07) is 0.00684. The number of nitrogens with zero attached hydrogens (tertiary/aromatic N) is 2. The molecule has 3 atom stereocenters. The first-order chi connectivity index (χ1) is 9.42. The quantitative estimate of drug-likeness (QED) is 0.849. The molecule has 0 aromatic carbocycles. The van der Waals surface area contributed by atoms with E-state index in [4.69, 9.17) is 5.11 Å². The molecule has 0 bridgehead atoms. The predicted octanol–water partition coefficient (Wildman–Crippen LogP) is 0.978. The summed E-state index contributed by atoms with van der Waals surface area (Å²) in [4.78, 5) is 0.164. The van der Waals surface area contributed by atoms with Crippen LogP contribution >= 0.6 is 0 Å². The SMILES string of the molecule is CC1CCC(NS(=O)(=O)c2cnn(CCO)c2)CC1C. The number of rotatable bonds is 5. The molecule has 1 aromatic rings. The van der Waals surface area contributed by atoms with E-state index in [0.29, 0.717) is 18.4 Å². The van der Waals surface area contributed by atoms with Gasteiger partial charge in [0, 0.05) is 12.2 Å². The van der Waals surface area contributed by atoms with Crippen LogP contribution in [-0.2, 0) is 16.6 Å². The molecule has 6 nitrogen and oxygen atoms in total. The van der Waals surface area contributed by atoms with Crippen molar-refractivity contribution in [3.63, 3.8) is 0 Å². The third kappa shape index (κ3) is 3.59. The van der Waals surface area contributed by atoms with E-state index in [2.05, 4.69) is 23.7 Å². The number of aliphatic hydroxyl groups excluding tert-OH is 1. The number of sulfonamides is 1. The molecule has 1 aliphatic carbocycles. The number of nitrogens with one attached hydrogen (secondary N) is 1. The summed E-state index contributed by atoms with van der Waals surface area (Å²) < 4.78 is 28.8. The minimum absolute atomic E-state index is 0.00684. The van der Waals surface area contributed by atoms with Crippen LogP contribution in [-0.4, -0.2) is 36.0 Å². The molecule has 0 radical (unpaired) electrons. The van der Waals surface area contributed by atoms with Gasteiger partial charge in [-0.3, -0.25) is 4.68 Å². The molecule has 20 heavy (non-hydrogen) atoms. The smallest absolute Gasteiger partial charge is 0.243 e. The fourth-order valence-corrected chi connectivity index (χ4v) is 3.89. The van der Waals surface area contributed by atoms with Crippen molar-refractivity contribution < 1.29 is 13.5 Å². The van der Waals surface area contributed by atoms with Crippen molar-refractivity contribution in [1.29, 1.82) is 0 Å². The van der Waals surface area contributed by atoms with E-state index < -0.39 is 10.0 Å².